The van der Waals surface area contributed by atoms with E-state index >= 15 is 0 Å². The lowest BCUT2D eigenvalue weighted by Gasteiger charge is -2.16. The lowest BCUT2D eigenvalue weighted by Crippen LogP contribution is -2.40. The number of halogens is 1. The number of ether oxygens (including phenoxy) is 1. The molecule has 0 aromatic carbocycles. The first-order valence-electron chi connectivity index (χ1n) is 5.33. The highest BCUT2D eigenvalue weighted by Gasteiger charge is 2.29. The summed E-state index contributed by atoms with van der Waals surface area (Å²) in [5, 5.41) is 2.91. The molecule has 1 unspecified atom stereocenters. The maximum absolute atomic E-state index is 11.6. The number of rotatable bonds is 4. The first kappa shape index (κ1) is 14.7. The van der Waals surface area contributed by atoms with Crippen LogP contribution in [-0.2, 0) is 9.53 Å². The monoisotopic (exact) mass is 236 g/mol. The van der Waals surface area contributed by atoms with Crippen molar-refractivity contribution in [2.45, 2.75) is 51.4 Å². The van der Waals surface area contributed by atoms with Crippen molar-refractivity contribution in [1.82, 2.24) is 5.32 Å². The lowest BCUT2D eigenvalue weighted by atomic mass is 10.1. The van der Waals surface area contributed by atoms with Gasteiger partial charge in [0, 0.05) is 12.6 Å². The van der Waals surface area contributed by atoms with Crippen LogP contribution >= 0.6 is 12.4 Å². The first-order valence-corrected chi connectivity index (χ1v) is 5.33. The van der Waals surface area contributed by atoms with Crippen LogP contribution in [-0.4, -0.2) is 30.7 Å². The molecule has 90 valence electrons. The fourth-order valence-corrected chi connectivity index (χ4v) is 1.51. The highest BCUT2D eigenvalue weighted by atomic mass is 35.5. The summed E-state index contributed by atoms with van der Waals surface area (Å²) in [5.74, 6) is 0.00954. The molecule has 3 N–H and O–H groups in total. The van der Waals surface area contributed by atoms with E-state index in [4.69, 9.17) is 10.5 Å². The van der Waals surface area contributed by atoms with Crippen molar-refractivity contribution in [2.24, 2.45) is 5.73 Å². The third-order valence-corrected chi connectivity index (χ3v) is 2.66. The van der Waals surface area contributed by atoms with Gasteiger partial charge in [-0.15, -0.1) is 12.4 Å². The second-order valence-corrected chi connectivity index (χ2v) is 3.88. The molecule has 1 aliphatic heterocycles. The van der Waals surface area contributed by atoms with E-state index < -0.39 is 0 Å². The van der Waals surface area contributed by atoms with Crippen LogP contribution in [0.15, 0.2) is 0 Å². The third kappa shape index (κ3) is 4.36. The Hall–Kier alpha value is -0.320. The van der Waals surface area contributed by atoms with Gasteiger partial charge in [0.2, 0.25) is 5.91 Å². The molecular weight excluding hydrogens is 216 g/mol. The maximum atomic E-state index is 11.6. The molecule has 0 saturated carbocycles. The Labute approximate surface area is 97.3 Å². The maximum Gasteiger partial charge on any atom is 0.249 e. The molecule has 0 spiro atoms. The van der Waals surface area contributed by atoms with E-state index in [1.165, 1.54) is 0 Å². The zero-order valence-corrected chi connectivity index (χ0v) is 10.2. The average Bonchev–Trinajstić information content (AvgIpc) is 2.65. The minimum absolute atomic E-state index is 0. The van der Waals surface area contributed by atoms with Crippen molar-refractivity contribution in [1.29, 1.82) is 0 Å². The van der Waals surface area contributed by atoms with E-state index in [9.17, 15) is 4.79 Å². The Bertz CT molecular complexity index is 202. The molecule has 3 atom stereocenters. The molecule has 4 nitrogen and oxygen atoms in total. The molecule has 1 aliphatic rings. The highest BCUT2D eigenvalue weighted by Crippen LogP contribution is 2.18. The largest absolute Gasteiger partial charge is 0.364 e. The van der Waals surface area contributed by atoms with Gasteiger partial charge in [-0.1, -0.05) is 6.92 Å². The van der Waals surface area contributed by atoms with Crippen LogP contribution in [0, 0.1) is 0 Å². The van der Waals surface area contributed by atoms with Crippen molar-refractivity contribution in [3.63, 3.8) is 0 Å². The SMILES string of the molecule is CCC(C)NC(=O)[C@@H]1CC[C@H](CN)O1.Cl. The van der Waals surface area contributed by atoms with E-state index in [1.54, 1.807) is 0 Å². The first-order chi connectivity index (χ1) is 6.67. The smallest absolute Gasteiger partial charge is 0.249 e. The number of amides is 1. The minimum Gasteiger partial charge on any atom is -0.364 e. The van der Waals surface area contributed by atoms with Gasteiger partial charge >= 0.3 is 0 Å². The zero-order chi connectivity index (χ0) is 10.6. The van der Waals surface area contributed by atoms with Crippen LogP contribution in [0.25, 0.3) is 0 Å². The molecular formula is C10H21ClN2O2. The number of hydrogen-bond donors (Lipinski definition) is 2. The summed E-state index contributed by atoms with van der Waals surface area (Å²) < 4.78 is 5.48. The van der Waals surface area contributed by atoms with E-state index in [2.05, 4.69) is 5.32 Å². The predicted octanol–water partition coefficient (Wildman–Crippen LogP) is 0.829. The Balaban J connectivity index is 0.00000196. The summed E-state index contributed by atoms with van der Waals surface area (Å²) in [6.45, 7) is 4.55. The molecule has 0 radical (unpaired) electrons. The molecule has 1 saturated heterocycles. The number of nitrogens with one attached hydrogen (secondary N) is 1. The van der Waals surface area contributed by atoms with Crippen LogP contribution in [0.2, 0.25) is 0 Å². The van der Waals surface area contributed by atoms with Gasteiger partial charge in [-0.05, 0) is 26.2 Å². The number of nitrogens with two attached hydrogens (primary N) is 1. The van der Waals surface area contributed by atoms with Gasteiger partial charge < -0.3 is 15.8 Å². The van der Waals surface area contributed by atoms with Crippen molar-refractivity contribution in [3.8, 4) is 0 Å². The van der Waals surface area contributed by atoms with Crippen molar-refractivity contribution in [3.05, 3.63) is 0 Å². The third-order valence-electron chi connectivity index (χ3n) is 2.66. The zero-order valence-electron chi connectivity index (χ0n) is 9.36. The fraction of sp³-hybridized carbons (Fsp3) is 0.900. The van der Waals surface area contributed by atoms with Crippen LogP contribution < -0.4 is 11.1 Å². The topological polar surface area (TPSA) is 64.4 Å². The van der Waals surface area contributed by atoms with Crippen LogP contribution in [0.3, 0.4) is 0 Å². The van der Waals surface area contributed by atoms with Gasteiger partial charge in [0.05, 0.1) is 6.10 Å². The van der Waals surface area contributed by atoms with Gasteiger partial charge in [-0.3, -0.25) is 4.79 Å². The average molecular weight is 237 g/mol. The van der Waals surface area contributed by atoms with Gasteiger partial charge in [0.15, 0.2) is 0 Å². The van der Waals surface area contributed by atoms with Crippen molar-refractivity contribution >= 4 is 18.3 Å². The van der Waals surface area contributed by atoms with Crippen LogP contribution in [0.4, 0.5) is 0 Å². The Morgan fingerprint density at radius 1 is 1.60 bits per heavy atom. The van der Waals surface area contributed by atoms with Gasteiger partial charge in [0.1, 0.15) is 6.10 Å². The molecule has 1 heterocycles. The van der Waals surface area contributed by atoms with Crippen LogP contribution in [0.1, 0.15) is 33.1 Å². The van der Waals surface area contributed by atoms with E-state index in [0.29, 0.717) is 6.54 Å². The Morgan fingerprint density at radius 3 is 2.73 bits per heavy atom. The van der Waals surface area contributed by atoms with Crippen molar-refractivity contribution < 1.29 is 9.53 Å². The summed E-state index contributed by atoms with van der Waals surface area (Å²) in [4.78, 5) is 11.6. The fourth-order valence-electron chi connectivity index (χ4n) is 1.51. The molecule has 0 bridgehead atoms. The van der Waals surface area contributed by atoms with Gasteiger partial charge in [-0.25, -0.2) is 0 Å². The number of carbonyl (C=O) groups excluding carboxylic acids is 1. The normalized spacial score (nSPS) is 26.9. The molecule has 1 amide bonds. The standard InChI is InChI=1S/C10H20N2O2.ClH/c1-3-7(2)12-10(13)9-5-4-8(6-11)14-9;/h7-9H,3-6,11H2,1-2H3,(H,12,13);1H/t7?,8-,9+;/m1./s1. The van der Waals surface area contributed by atoms with E-state index in [0.717, 1.165) is 19.3 Å². The Kier molecular flexibility index (Phi) is 6.89. The molecule has 1 rings (SSSR count). The molecule has 0 aliphatic carbocycles. The molecule has 1 fully saturated rings. The second-order valence-electron chi connectivity index (χ2n) is 3.88. The predicted molar refractivity (Wildman–Crippen MR) is 62.1 cm³/mol. The molecule has 0 aromatic rings. The lowest BCUT2D eigenvalue weighted by molar-refractivity contribution is -0.132. The van der Waals surface area contributed by atoms with Crippen molar-refractivity contribution in [2.75, 3.05) is 6.54 Å². The minimum atomic E-state index is -0.280. The number of hydrogen-bond acceptors (Lipinski definition) is 3. The summed E-state index contributed by atoms with van der Waals surface area (Å²) in [7, 11) is 0. The number of carbonyl (C=O) groups is 1. The molecule has 0 aromatic heterocycles. The summed E-state index contributed by atoms with van der Waals surface area (Å²) >= 11 is 0. The molecule has 15 heavy (non-hydrogen) atoms. The van der Waals surface area contributed by atoms with E-state index in [-0.39, 0.29) is 36.6 Å². The quantitative estimate of drug-likeness (QED) is 0.760. The van der Waals surface area contributed by atoms with E-state index in [1.807, 2.05) is 13.8 Å². The van der Waals surface area contributed by atoms with Crippen LogP contribution in [0.5, 0.6) is 0 Å². The Morgan fingerprint density at radius 2 is 2.27 bits per heavy atom. The summed E-state index contributed by atoms with van der Waals surface area (Å²) in [5.41, 5.74) is 5.47. The second kappa shape index (κ2) is 7.04. The van der Waals surface area contributed by atoms with Gasteiger partial charge in [-0.2, -0.15) is 0 Å². The summed E-state index contributed by atoms with van der Waals surface area (Å²) in [6, 6.07) is 0.225. The van der Waals surface area contributed by atoms with Gasteiger partial charge in [0.25, 0.3) is 0 Å². The highest BCUT2D eigenvalue weighted by molar-refractivity contribution is 5.85. The summed E-state index contributed by atoms with van der Waals surface area (Å²) in [6.07, 6.45) is 2.43. The molecule has 5 heteroatoms.